The van der Waals surface area contributed by atoms with Crippen LogP contribution in [-0.2, 0) is 17.8 Å². The van der Waals surface area contributed by atoms with Gasteiger partial charge in [0.1, 0.15) is 12.4 Å². The summed E-state index contributed by atoms with van der Waals surface area (Å²) in [4.78, 5) is 22.0. The van der Waals surface area contributed by atoms with Crippen LogP contribution in [0.4, 0.5) is 0 Å². The van der Waals surface area contributed by atoms with E-state index in [1.165, 1.54) is 36.8 Å². The maximum Gasteiger partial charge on any atom is 0.225 e. The number of para-hydroxylation sites is 1. The predicted molar refractivity (Wildman–Crippen MR) is 135 cm³/mol. The number of ether oxygens (including phenoxy) is 1. The fourth-order valence-electron chi connectivity index (χ4n) is 5.99. The van der Waals surface area contributed by atoms with E-state index in [1.807, 2.05) is 18.5 Å². The highest BCUT2D eigenvalue weighted by molar-refractivity contribution is 5.79. The quantitative estimate of drug-likeness (QED) is 0.638. The maximum absolute atomic E-state index is 12.9. The summed E-state index contributed by atoms with van der Waals surface area (Å²) < 4.78 is 6.29. The molecule has 1 saturated carbocycles. The molecule has 0 N–H and O–H groups in total. The average molecular weight is 462 g/mol. The van der Waals surface area contributed by atoms with E-state index in [2.05, 4.69) is 45.1 Å². The highest BCUT2D eigenvalue weighted by Gasteiger charge is 2.39. The van der Waals surface area contributed by atoms with Crippen molar-refractivity contribution < 1.29 is 9.53 Å². The van der Waals surface area contributed by atoms with E-state index in [-0.39, 0.29) is 5.41 Å². The Kier molecular flexibility index (Phi) is 7.48. The second-order valence-corrected chi connectivity index (χ2v) is 10.7. The van der Waals surface area contributed by atoms with Crippen LogP contribution in [0.2, 0.25) is 0 Å². The summed E-state index contributed by atoms with van der Waals surface area (Å²) in [5.41, 5.74) is 2.86. The van der Waals surface area contributed by atoms with E-state index >= 15 is 0 Å². The molecule has 1 spiro atoms. The lowest BCUT2D eigenvalue weighted by molar-refractivity contribution is -0.141. The molecule has 0 bridgehead atoms. The number of benzene rings is 1. The summed E-state index contributed by atoms with van der Waals surface area (Å²) in [5, 5.41) is 0. The summed E-state index contributed by atoms with van der Waals surface area (Å²) >= 11 is 0. The van der Waals surface area contributed by atoms with Crippen molar-refractivity contribution in [1.29, 1.82) is 0 Å². The van der Waals surface area contributed by atoms with Gasteiger partial charge in [0.2, 0.25) is 5.91 Å². The Morgan fingerprint density at radius 2 is 1.85 bits per heavy atom. The first kappa shape index (κ1) is 23.3. The molecule has 1 aromatic carbocycles. The Morgan fingerprint density at radius 1 is 1.00 bits per heavy atom. The number of carbonyl (C=O) groups is 1. The minimum atomic E-state index is 0.275. The molecule has 2 aliphatic heterocycles. The number of rotatable bonds is 3. The van der Waals surface area contributed by atoms with Crippen LogP contribution in [-0.4, -0.2) is 53.5 Å². The van der Waals surface area contributed by atoms with Crippen molar-refractivity contribution >= 4 is 5.91 Å². The number of carbonyl (C=O) groups excluding carboxylic acids is 1. The van der Waals surface area contributed by atoms with Gasteiger partial charge in [0.25, 0.3) is 0 Å². The average Bonchev–Trinajstić information content (AvgIpc) is 2.82. The van der Waals surface area contributed by atoms with E-state index in [0.29, 0.717) is 18.4 Å². The van der Waals surface area contributed by atoms with E-state index < -0.39 is 0 Å². The number of fused-ring (bicyclic) bond motifs is 1. The Balaban J connectivity index is 1.31. The molecule has 2 aromatic rings. The minimum Gasteiger partial charge on any atom is -0.492 e. The summed E-state index contributed by atoms with van der Waals surface area (Å²) in [6, 6.07) is 12.7. The maximum atomic E-state index is 12.9. The lowest BCUT2D eigenvalue weighted by Crippen LogP contribution is -2.50. The molecular formula is C29H39N3O2. The topological polar surface area (TPSA) is 45.7 Å². The van der Waals surface area contributed by atoms with Gasteiger partial charge in [0.05, 0.1) is 0 Å². The van der Waals surface area contributed by atoms with Gasteiger partial charge in [-0.2, -0.15) is 0 Å². The predicted octanol–water partition coefficient (Wildman–Crippen LogP) is 5.10. The number of piperidine rings is 1. The molecule has 5 nitrogen and oxygen atoms in total. The Labute approximate surface area is 204 Å². The summed E-state index contributed by atoms with van der Waals surface area (Å²) in [7, 11) is 0. The first-order valence-electron chi connectivity index (χ1n) is 13.3. The summed E-state index contributed by atoms with van der Waals surface area (Å²) in [6.45, 7) is 5.41. The Hall–Kier alpha value is -2.40. The number of pyridine rings is 1. The molecule has 1 saturated heterocycles. The van der Waals surface area contributed by atoms with Crippen LogP contribution >= 0.6 is 0 Å². The van der Waals surface area contributed by atoms with Crippen molar-refractivity contribution in [2.45, 2.75) is 64.3 Å². The molecule has 1 aliphatic carbocycles. The molecule has 0 unspecified atom stereocenters. The van der Waals surface area contributed by atoms with Gasteiger partial charge in [-0.25, -0.2) is 0 Å². The van der Waals surface area contributed by atoms with Crippen molar-refractivity contribution in [2.24, 2.45) is 11.3 Å². The van der Waals surface area contributed by atoms with Crippen LogP contribution in [0.3, 0.4) is 0 Å². The molecule has 182 valence electrons. The monoisotopic (exact) mass is 461 g/mol. The number of hydrogen-bond acceptors (Lipinski definition) is 4. The molecule has 0 atom stereocenters. The first-order chi connectivity index (χ1) is 16.7. The largest absolute Gasteiger partial charge is 0.492 e. The third-order valence-corrected chi connectivity index (χ3v) is 8.32. The van der Waals surface area contributed by atoms with Crippen molar-refractivity contribution in [3.05, 3.63) is 59.9 Å². The highest BCUT2D eigenvalue weighted by atomic mass is 16.5. The van der Waals surface area contributed by atoms with Crippen LogP contribution in [0.15, 0.2) is 48.8 Å². The third kappa shape index (κ3) is 5.63. The van der Waals surface area contributed by atoms with Crippen LogP contribution < -0.4 is 4.74 Å². The first-order valence-corrected chi connectivity index (χ1v) is 13.3. The molecule has 1 amide bonds. The van der Waals surface area contributed by atoms with Crippen LogP contribution in [0.1, 0.15) is 62.5 Å². The second-order valence-electron chi connectivity index (χ2n) is 10.7. The van der Waals surface area contributed by atoms with Crippen LogP contribution in [0.25, 0.3) is 0 Å². The van der Waals surface area contributed by atoms with Crippen molar-refractivity contribution in [3.63, 3.8) is 0 Å². The van der Waals surface area contributed by atoms with Gasteiger partial charge >= 0.3 is 0 Å². The van der Waals surface area contributed by atoms with Crippen molar-refractivity contribution in [1.82, 2.24) is 14.8 Å². The molecule has 2 fully saturated rings. The number of aryl methyl sites for hydroxylation is 1. The normalized spacial score (nSPS) is 22.1. The molecule has 3 aliphatic rings. The van der Waals surface area contributed by atoms with Gasteiger partial charge in [0.15, 0.2) is 0 Å². The number of aromatic nitrogens is 1. The molecule has 34 heavy (non-hydrogen) atoms. The Bertz CT molecular complexity index is 935. The summed E-state index contributed by atoms with van der Waals surface area (Å²) in [6.07, 6.45) is 14.2. The lowest BCUT2D eigenvalue weighted by Gasteiger charge is -2.46. The smallest absolute Gasteiger partial charge is 0.225 e. The second kappa shape index (κ2) is 10.9. The van der Waals surface area contributed by atoms with E-state index in [0.717, 1.165) is 70.6 Å². The molecule has 0 radical (unpaired) electrons. The van der Waals surface area contributed by atoms with Crippen molar-refractivity contribution in [2.75, 3.05) is 32.8 Å². The van der Waals surface area contributed by atoms with Gasteiger partial charge in [-0.15, -0.1) is 0 Å². The van der Waals surface area contributed by atoms with Crippen LogP contribution in [0, 0.1) is 11.3 Å². The molecule has 1 aromatic heterocycles. The number of hydrogen-bond donors (Lipinski definition) is 0. The Morgan fingerprint density at radius 3 is 2.62 bits per heavy atom. The van der Waals surface area contributed by atoms with E-state index in [4.69, 9.17) is 4.74 Å². The minimum absolute atomic E-state index is 0.275. The fraction of sp³-hybridized carbons (Fsp3) is 0.586. The SMILES string of the molecule is O=C(C1CCC1)N1CCC2(CCCCc3ccccc3OCCN(Cc3cccnc3)C2)CC1. The fourth-order valence-corrected chi connectivity index (χ4v) is 5.99. The van der Waals surface area contributed by atoms with Gasteiger partial charge in [0, 0.05) is 51.0 Å². The molecule has 3 heterocycles. The van der Waals surface area contributed by atoms with Gasteiger partial charge in [-0.05, 0) is 73.6 Å². The zero-order chi connectivity index (χ0) is 23.2. The number of nitrogens with zero attached hydrogens (tertiary/aromatic N) is 3. The van der Waals surface area contributed by atoms with Crippen molar-refractivity contribution in [3.8, 4) is 5.75 Å². The lowest BCUT2D eigenvalue weighted by atomic mass is 9.73. The summed E-state index contributed by atoms with van der Waals surface area (Å²) in [5.74, 6) is 1.78. The van der Waals surface area contributed by atoms with Gasteiger partial charge in [-0.1, -0.05) is 37.1 Å². The van der Waals surface area contributed by atoms with E-state index in [1.54, 1.807) is 0 Å². The zero-order valence-electron chi connectivity index (χ0n) is 20.5. The third-order valence-electron chi connectivity index (χ3n) is 8.32. The standard InChI is InChI=1S/C29H39N3O2/c33-28(26-10-5-11-26)32-17-14-29(15-18-32)13-4-3-9-25-8-1-2-12-27(25)34-20-19-31(23-29)22-24-7-6-16-30-21-24/h1-2,6-8,12,16,21,26H,3-5,9-11,13-15,17-20,22-23H2. The number of amides is 1. The van der Waals surface area contributed by atoms with Crippen LogP contribution in [0.5, 0.6) is 5.75 Å². The number of likely N-dealkylation sites (tertiary alicyclic amines) is 1. The highest BCUT2D eigenvalue weighted by Crippen LogP contribution is 2.40. The molecule has 5 heteroatoms. The molecule has 5 rings (SSSR count). The van der Waals surface area contributed by atoms with Gasteiger partial charge in [-0.3, -0.25) is 14.7 Å². The molecular weight excluding hydrogens is 422 g/mol. The van der Waals surface area contributed by atoms with Gasteiger partial charge < -0.3 is 9.64 Å². The van der Waals surface area contributed by atoms with E-state index in [9.17, 15) is 4.79 Å². The zero-order valence-corrected chi connectivity index (χ0v) is 20.5.